The van der Waals surface area contributed by atoms with Crippen LogP contribution < -0.4 is 5.32 Å². The van der Waals surface area contributed by atoms with Crippen molar-refractivity contribution in [2.45, 2.75) is 83.3 Å². The maximum atomic E-state index is 3.65. The Balaban J connectivity index is 1.74. The molecule has 1 aliphatic carbocycles. The maximum Gasteiger partial charge on any atom is 0.0195 e. The summed E-state index contributed by atoms with van der Waals surface area (Å²) in [6.07, 6.45) is 11.2. The summed E-state index contributed by atoms with van der Waals surface area (Å²) in [7, 11) is 0. The first kappa shape index (κ1) is 13.4. The van der Waals surface area contributed by atoms with Crippen molar-refractivity contribution >= 4 is 0 Å². The van der Waals surface area contributed by atoms with Crippen LogP contribution in [-0.2, 0) is 0 Å². The molecule has 2 atom stereocenters. The molecule has 1 N–H and O–H groups in total. The second kappa shape index (κ2) is 6.75. The van der Waals surface area contributed by atoms with Crippen molar-refractivity contribution in [1.29, 1.82) is 0 Å². The van der Waals surface area contributed by atoms with E-state index in [1.165, 1.54) is 64.5 Å². The Morgan fingerprint density at radius 3 is 2.65 bits per heavy atom. The largest absolute Gasteiger partial charge is 0.313 e. The molecule has 100 valence electrons. The van der Waals surface area contributed by atoms with E-state index in [2.05, 4.69) is 24.1 Å². The van der Waals surface area contributed by atoms with Gasteiger partial charge in [-0.15, -0.1) is 0 Å². The fourth-order valence-corrected chi connectivity index (χ4v) is 3.12. The summed E-state index contributed by atoms with van der Waals surface area (Å²) in [6.45, 7) is 7.29. The van der Waals surface area contributed by atoms with Gasteiger partial charge in [-0.1, -0.05) is 26.2 Å². The average Bonchev–Trinajstić information content (AvgIpc) is 3.03. The molecule has 17 heavy (non-hydrogen) atoms. The molecule has 2 aliphatic rings. The number of hydrogen-bond acceptors (Lipinski definition) is 2. The normalized spacial score (nSPS) is 26.6. The summed E-state index contributed by atoms with van der Waals surface area (Å²) in [5, 5.41) is 3.65. The van der Waals surface area contributed by atoms with Crippen molar-refractivity contribution in [2.24, 2.45) is 0 Å². The van der Waals surface area contributed by atoms with Crippen molar-refractivity contribution in [3.63, 3.8) is 0 Å². The van der Waals surface area contributed by atoms with Gasteiger partial charge in [0, 0.05) is 24.7 Å². The van der Waals surface area contributed by atoms with Gasteiger partial charge in [0.05, 0.1) is 0 Å². The monoisotopic (exact) mass is 238 g/mol. The van der Waals surface area contributed by atoms with Gasteiger partial charge < -0.3 is 5.32 Å². The highest BCUT2D eigenvalue weighted by atomic mass is 15.2. The summed E-state index contributed by atoms with van der Waals surface area (Å²) >= 11 is 0. The third-order valence-corrected chi connectivity index (χ3v) is 4.40. The molecule has 1 heterocycles. The van der Waals surface area contributed by atoms with Gasteiger partial charge in [0.2, 0.25) is 0 Å². The predicted octanol–water partition coefficient (Wildman–Crippen LogP) is 3.17. The number of nitrogens with one attached hydrogen (secondary N) is 1. The molecule has 0 aromatic heterocycles. The second-order valence-electron chi connectivity index (χ2n) is 6.07. The molecule has 1 saturated carbocycles. The van der Waals surface area contributed by atoms with Gasteiger partial charge in [-0.05, 0) is 45.6 Å². The molecule has 0 radical (unpaired) electrons. The van der Waals surface area contributed by atoms with Crippen LogP contribution >= 0.6 is 0 Å². The molecule has 2 fully saturated rings. The van der Waals surface area contributed by atoms with E-state index in [0.29, 0.717) is 0 Å². The molecule has 1 aliphatic heterocycles. The second-order valence-corrected chi connectivity index (χ2v) is 6.07. The van der Waals surface area contributed by atoms with E-state index in [9.17, 15) is 0 Å². The van der Waals surface area contributed by atoms with E-state index >= 15 is 0 Å². The standard InChI is InChI=1S/C15H30N2/c1-3-4-5-7-13(2)17(15-9-10-15)12-14-8-6-11-16-14/h13-16H,3-12H2,1-2H3. The third-order valence-electron chi connectivity index (χ3n) is 4.40. The number of hydrogen-bond donors (Lipinski definition) is 1. The Morgan fingerprint density at radius 1 is 1.24 bits per heavy atom. The van der Waals surface area contributed by atoms with Crippen molar-refractivity contribution in [2.75, 3.05) is 13.1 Å². The number of rotatable bonds is 8. The first-order valence-electron chi connectivity index (χ1n) is 7.80. The van der Waals surface area contributed by atoms with Crippen LogP contribution in [0.1, 0.15) is 65.2 Å². The molecule has 0 aromatic carbocycles. The SMILES string of the molecule is CCCCCC(C)N(CC1CCCN1)C1CC1. The van der Waals surface area contributed by atoms with Gasteiger partial charge in [0.15, 0.2) is 0 Å². The third kappa shape index (κ3) is 4.26. The predicted molar refractivity (Wildman–Crippen MR) is 74.4 cm³/mol. The van der Waals surface area contributed by atoms with Gasteiger partial charge in [0.25, 0.3) is 0 Å². The van der Waals surface area contributed by atoms with E-state index in [1.807, 2.05) is 0 Å². The minimum Gasteiger partial charge on any atom is -0.313 e. The van der Waals surface area contributed by atoms with E-state index in [4.69, 9.17) is 0 Å². The molecule has 0 amide bonds. The Labute approximate surface area is 107 Å². The zero-order valence-electron chi connectivity index (χ0n) is 11.8. The van der Waals surface area contributed by atoms with E-state index in [1.54, 1.807) is 0 Å². The molecule has 2 nitrogen and oxygen atoms in total. The minimum atomic E-state index is 0.782. The van der Waals surface area contributed by atoms with Gasteiger partial charge in [0.1, 0.15) is 0 Å². The lowest BCUT2D eigenvalue weighted by molar-refractivity contribution is 0.170. The molecule has 2 rings (SSSR count). The lowest BCUT2D eigenvalue weighted by atomic mass is 10.1. The van der Waals surface area contributed by atoms with Gasteiger partial charge in [-0.3, -0.25) is 4.90 Å². The molecule has 0 spiro atoms. The highest BCUT2D eigenvalue weighted by Crippen LogP contribution is 2.30. The number of nitrogens with zero attached hydrogens (tertiary/aromatic N) is 1. The molecular formula is C15H30N2. The molecular weight excluding hydrogens is 208 g/mol. The Kier molecular flexibility index (Phi) is 5.30. The molecule has 2 heteroatoms. The van der Waals surface area contributed by atoms with Gasteiger partial charge >= 0.3 is 0 Å². The first-order chi connectivity index (χ1) is 8.31. The van der Waals surface area contributed by atoms with Gasteiger partial charge in [-0.25, -0.2) is 0 Å². The van der Waals surface area contributed by atoms with Crippen molar-refractivity contribution < 1.29 is 0 Å². The fourth-order valence-electron chi connectivity index (χ4n) is 3.12. The van der Waals surface area contributed by atoms with E-state index in [-0.39, 0.29) is 0 Å². The topological polar surface area (TPSA) is 15.3 Å². The van der Waals surface area contributed by atoms with Crippen LogP contribution in [0, 0.1) is 0 Å². The van der Waals surface area contributed by atoms with Crippen LogP contribution in [0.25, 0.3) is 0 Å². The summed E-state index contributed by atoms with van der Waals surface area (Å²) in [5.74, 6) is 0. The summed E-state index contributed by atoms with van der Waals surface area (Å²) in [4.78, 5) is 2.80. The van der Waals surface area contributed by atoms with Crippen molar-refractivity contribution in [3.8, 4) is 0 Å². The summed E-state index contributed by atoms with van der Waals surface area (Å²) < 4.78 is 0. The lowest BCUT2D eigenvalue weighted by Crippen LogP contribution is -2.43. The highest BCUT2D eigenvalue weighted by Gasteiger charge is 2.33. The smallest absolute Gasteiger partial charge is 0.0195 e. The lowest BCUT2D eigenvalue weighted by Gasteiger charge is -2.31. The van der Waals surface area contributed by atoms with E-state index < -0.39 is 0 Å². The number of unbranched alkanes of at least 4 members (excludes halogenated alkanes) is 2. The molecule has 0 bridgehead atoms. The van der Waals surface area contributed by atoms with Gasteiger partial charge in [-0.2, -0.15) is 0 Å². The van der Waals surface area contributed by atoms with Crippen LogP contribution in [0.3, 0.4) is 0 Å². The summed E-state index contributed by atoms with van der Waals surface area (Å²) in [5.41, 5.74) is 0. The summed E-state index contributed by atoms with van der Waals surface area (Å²) in [6, 6.07) is 2.51. The molecule has 0 aromatic rings. The van der Waals surface area contributed by atoms with Crippen molar-refractivity contribution in [3.05, 3.63) is 0 Å². The zero-order chi connectivity index (χ0) is 12.1. The van der Waals surface area contributed by atoms with Crippen LogP contribution in [0.15, 0.2) is 0 Å². The van der Waals surface area contributed by atoms with Crippen LogP contribution in [0.2, 0.25) is 0 Å². The molecule has 1 saturated heterocycles. The average molecular weight is 238 g/mol. The van der Waals surface area contributed by atoms with Crippen LogP contribution in [0.5, 0.6) is 0 Å². The van der Waals surface area contributed by atoms with E-state index in [0.717, 1.165) is 18.1 Å². The Hall–Kier alpha value is -0.0800. The Bertz CT molecular complexity index is 207. The Morgan fingerprint density at radius 2 is 2.06 bits per heavy atom. The first-order valence-corrected chi connectivity index (χ1v) is 7.80. The maximum absolute atomic E-state index is 3.65. The van der Waals surface area contributed by atoms with Crippen molar-refractivity contribution in [1.82, 2.24) is 10.2 Å². The highest BCUT2D eigenvalue weighted by molar-refractivity contribution is 4.90. The quantitative estimate of drug-likeness (QED) is 0.653. The fraction of sp³-hybridized carbons (Fsp3) is 1.00. The zero-order valence-corrected chi connectivity index (χ0v) is 11.8. The minimum absolute atomic E-state index is 0.782. The molecule has 2 unspecified atom stereocenters. The van der Waals surface area contributed by atoms with Crippen LogP contribution in [0.4, 0.5) is 0 Å². The van der Waals surface area contributed by atoms with Crippen LogP contribution in [-0.4, -0.2) is 36.1 Å².